The third-order valence-corrected chi connectivity index (χ3v) is 3.75. The molecule has 1 aliphatic rings. The van der Waals surface area contributed by atoms with Crippen molar-refractivity contribution in [2.45, 2.75) is 13.3 Å². The van der Waals surface area contributed by atoms with E-state index in [1.165, 1.54) is 19.2 Å². The molecular formula is C14H19FN2O2. The van der Waals surface area contributed by atoms with Crippen LogP contribution in [0.5, 0.6) is 5.75 Å². The van der Waals surface area contributed by atoms with E-state index in [9.17, 15) is 9.18 Å². The van der Waals surface area contributed by atoms with E-state index in [2.05, 4.69) is 0 Å². The number of nitrogens with two attached hydrogens (primary N) is 1. The number of amides is 1. The lowest BCUT2D eigenvalue weighted by Crippen LogP contribution is -2.35. The molecule has 4 nitrogen and oxygen atoms in total. The Kier molecular flexibility index (Phi) is 3.75. The van der Waals surface area contributed by atoms with E-state index in [0.717, 1.165) is 6.42 Å². The minimum absolute atomic E-state index is 0.00581. The highest BCUT2D eigenvalue weighted by atomic mass is 19.1. The van der Waals surface area contributed by atoms with Gasteiger partial charge in [0.15, 0.2) is 0 Å². The molecule has 0 aliphatic carbocycles. The third kappa shape index (κ3) is 2.56. The van der Waals surface area contributed by atoms with E-state index >= 15 is 0 Å². The first-order valence-electron chi connectivity index (χ1n) is 6.32. The number of halogens is 1. The van der Waals surface area contributed by atoms with E-state index in [4.69, 9.17) is 10.5 Å². The minimum Gasteiger partial charge on any atom is -0.496 e. The molecule has 1 aliphatic heterocycles. The van der Waals surface area contributed by atoms with E-state index in [1.807, 2.05) is 6.92 Å². The molecule has 1 heterocycles. The summed E-state index contributed by atoms with van der Waals surface area (Å²) in [6.07, 6.45) is 0.839. The van der Waals surface area contributed by atoms with Crippen LogP contribution in [-0.2, 0) is 0 Å². The van der Waals surface area contributed by atoms with Crippen molar-refractivity contribution < 1.29 is 13.9 Å². The molecule has 1 fully saturated rings. The van der Waals surface area contributed by atoms with Gasteiger partial charge in [-0.15, -0.1) is 0 Å². The van der Waals surface area contributed by atoms with Gasteiger partial charge in [0.2, 0.25) is 0 Å². The first kappa shape index (κ1) is 13.8. The van der Waals surface area contributed by atoms with Gasteiger partial charge >= 0.3 is 0 Å². The van der Waals surface area contributed by atoms with Gasteiger partial charge in [0.25, 0.3) is 5.91 Å². The average Bonchev–Trinajstić information content (AvgIpc) is 2.81. The van der Waals surface area contributed by atoms with Crippen molar-refractivity contribution in [1.82, 2.24) is 4.90 Å². The van der Waals surface area contributed by atoms with Crippen LogP contribution < -0.4 is 10.5 Å². The van der Waals surface area contributed by atoms with Crippen LogP contribution in [0.15, 0.2) is 18.2 Å². The molecule has 1 atom stereocenters. The molecule has 0 radical (unpaired) electrons. The molecule has 2 rings (SSSR count). The molecule has 1 saturated heterocycles. The Morgan fingerprint density at radius 1 is 1.58 bits per heavy atom. The highest BCUT2D eigenvalue weighted by Gasteiger charge is 2.36. The number of benzene rings is 1. The summed E-state index contributed by atoms with van der Waals surface area (Å²) in [5.74, 6) is -0.607. The summed E-state index contributed by atoms with van der Waals surface area (Å²) in [7, 11) is 1.43. The fraction of sp³-hybridized carbons (Fsp3) is 0.500. The number of hydrogen-bond donors (Lipinski definition) is 1. The van der Waals surface area contributed by atoms with Gasteiger partial charge in [0.1, 0.15) is 17.1 Å². The highest BCUT2D eigenvalue weighted by molar-refractivity contribution is 5.97. The molecule has 1 aromatic carbocycles. The van der Waals surface area contributed by atoms with Crippen LogP contribution in [-0.4, -0.2) is 37.6 Å². The Balaban J connectivity index is 2.26. The predicted octanol–water partition coefficient (Wildman–Crippen LogP) is 1.65. The molecule has 1 aromatic rings. The van der Waals surface area contributed by atoms with Crippen molar-refractivity contribution >= 4 is 5.91 Å². The first-order chi connectivity index (χ1) is 9.00. The maximum Gasteiger partial charge on any atom is 0.260 e. The maximum atomic E-state index is 13.9. The van der Waals surface area contributed by atoms with Crippen molar-refractivity contribution in [1.29, 1.82) is 0 Å². The van der Waals surface area contributed by atoms with Gasteiger partial charge < -0.3 is 15.4 Å². The van der Waals surface area contributed by atoms with Crippen LogP contribution in [0.1, 0.15) is 23.7 Å². The molecule has 19 heavy (non-hydrogen) atoms. The van der Waals surface area contributed by atoms with Crippen molar-refractivity contribution in [2.75, 3.05) is 26.7 Å². The van der Waals surface area contributed by atoms with Crippen LogP contribution in [0.4, 0.5) is 4.39 Å². The van der Waals surface area contributed by atoms with Gasteiger partial charge in [-0.25, -0.2) is 4.39 Å². The summed E-state index contributed by atoms with van der Waals surface area (Å²) in [5.41, 5.74) is 5.65. The Labute approximate surface area is 112 Å². The quantitative estimate of drug-likeness (QED) is 0.905. The smallest absolute Gasteiger partial charge is 0.260 e. The highest BCUT2D eigenvalue weighted by Crippen LogP contribution is 2.31. The predicted molar refractivity (Wildman–Crippen MR) is 70.6 cm³/mol. The molecule has 1 amide bonds. The largest absolute Gasteiger partial charge is 0.496 e. The van der Waals surface area contributed by atoms with Crippen molar-refractivity contribution in [2.24, 2.45) is 11.1 Å². The maximum absolute atomic E-state index is 13.9. The van der Waals surface area contributed by atoms with Gasteiger partial charge in [-0.1, -0.05) is 13.0 Å². The number of methoxy groups -OCH3 is 1. The number of carbonyl (C=O) groups is 1. The second kappa shape index (κ2) is 5.17. The number of nitrogens with zero attached hydrogens (tertiary/aromatic N) is 1. The lowest BCUT2D eigenvalue weighted by atomic mass is 9.90. The lowest BCUT2D eigenvalue weighted by Gasteiger charge is -2.23. The van der Waals surface area contributed by atoms with Crippen LogP contribution in [0.2, 0.25) is 0 Å². The number of rotatable bonds is 3. The Bertz CT molecular complexity index is 492. The monoisotopic (exact) mass is 266 g/mol. The topological polar surface area (TPSA) is 55.6 Å². The molecule has 0 bridgehead atoms. The third-order valence-electron chi connectivity index (χ3n) is 3.75. The van der Waals surface area contributed by atoms with Crippen LogP contribution in [0.25, 0.3) is 0 Å². The molecule has 104 valence electrons. The number of ether oxygens (including phenoxy) is 1. The zero-order chi connectivity index (χ0) is 14.0. The molecule has 2 N–H and O–H groups in total. The molecular weight excluding hydrogens is 247 g/mol. The van der Waals surface area contributed by atoms with Crippen LogP contribution in [0.3, 0.4) is 0 Å². The molecule has 0 spiro atoms. The van der Waals surface area contributed by atoms with Gasteiger partial charge in [0, 0.05) is 13.1 Å². The van der Waals surface area contributed by atoms with E-state index in [-0.39, 0.29) is 22.6 Å². The second-order valence-electron chi connectivity index (χ2n) is 5.31. The summed E-state index contributed by atoms with van der Waals surface area (Å²) in [6.45, 7) is 3.72. The van der Waals surface area contributed by atoms with E-state index in [1.54, 1.807) is 11.0 Å². The first-order valence-corrected chi connectivity index (χ1v) is 6.32. The number of carbonyl (C=O) groups excluding carboxylic acids is 1. The van der Waals surface area contributed by atoms with Crippen LogP contribution in [0, 0.1) is 11.2 Å². The van der Waals surface area contributed by atoms with Crippen molar-refractivity contribution in [3.8, 4) is 5.75 Å². The van der Waals surface area contributed by atoms with E-state index in [0.29, 0.717) is 19.6 Å². The lowest BCUT2D eigenvalue weighted by molar-refractivity contribution is 0.0768. The normalized spacial score (nSPS) is 22.6. The SMILES string of the molecule is COc1cccc(F)c1C(=O)N1CCC(C)(CN)C1. The summed E-state index contributed by atoms with van der Waals surface area (Å²) in [5, 5.41) is 0. The average molecular weight is 266 g/mol. The molecule has 0 aromatic heterocycles. The van der Waals surface area contributed by atoms with Gasteiger partial charge in [-0.2, -0.15) is 0 Å². The minimum atomic E-state index is -0.550. The standard InChI is InChI=1S/C14H19FN2O2/c1-14(8-16)6-7-17(9-14)13(18)12-10(15)4-3-5-11(12)19-2/h3-5H,6-9,16H2,1-2H3. The number of hydrogen-bond acceptors (Lipinski definition) is 3. The van der Waals surface area contributed by atoms with Crippen LogP contribution >= 0.6 is 0 Å². The van der Waals surface area contributed by atoms with Gasteiger partial charge in [-0.3, -0.25) is 4.79 Å². The Morgan fingerprint density at radius 3 is 2.89 bits per heavy atom. The van der Waals surface area contributed by atoms with E-state index < -0.39 is 5.82 Å². The molecule has 5 heteroatoms. The van der Waals surface area contributed by atoms with Gasteiger partial charge in [0.05, 0.1) is 7.11 Å². The summed E-state index contributed by atoms with van der Waals surface area (Å²) >= 11 is 0. The fourth-order valence-electron chi connectivity index (χ4n) is 2.40. The zero-order valence-corrected chi connectivity index (χ0v) is 11.3. The molecule has 1 unspecified atom stereocenters. The Hall–Kier alpha value is -1.62. The molecule has 0 saturated carbocycles. The summed E-state index contributed by atoms with van der Waals surface area (Å²) < 4.78 is 18.9. The fourth-order valence-corrected chi connectivity index (χ4v) is 2.40. The van der Waals surface area contributed by atoms with Gasteiger partial charge in [-0.05, 0) is 30.5 Å². The number of likely N-dealkylation sites (tertiary alicyclic amines) is 1. The summed E-state index contributed by atoms with van der Waals surface area (Å²) in [4.78, 5) is 14.1. The Morgan fingerprint density at radius 2 is 2.32 bits per heavy atom. The van der Waals surface area contributed by atoms with Crippen molar-refractivity contribution in [3.63, 3.8) is 0 Å². The zero-order valence-electron chi connectivity index (χ0n) is 11.3. The second-order valence-corrected chi connectivity index (χ2v) is 5.31. The van der Waals surface area contributed by atoms with Crippen molar-refractivity contribution in [3.05, 3.63) is 29.6 Å². The summed E-state index contributed by atoms with van der Waals surface area (Å²) in [6, 6.07) is 4.39.